The van der Waals surface area contributed by atoms with Crippen molar-refractivity contribution in [2.75, 3.05) is 22.9 Å². The van der Waals surface area contributed by atoms with E-state index in [-0.39, 0.29) is 30.4 Å². The molecule has 5 rings (SSSR count). The van der Waals surface area contributed by atoms with Gasteiger partial charge in [0.05, 0.1) is 18.8 Å². The van der Waals surface area contributed by atoms with Crippen molar-refractivity contribution in [1.29, 1.82) is 0 Å². The molecule has 10 heteroatoms. The number of morpholine rings is 1. The summed E-state index contributed by atoms with van der Waals surface area (Å²) in [6, 6.07) is 12.8. The van der Waals surface area contributed by atoms with Crippen molar-refractivity contribution < 1.29 is 27.4 Å². The number of hydrogen-bond donors (Lipinski definition) is 0. The second kappa shape index (κ2) is 8.84. The number of carbonyl (C=O) groups is 1. The lowest BCUT2D eigenvalue weighted by atomic mass is 9.97. The number of halogens is 3. The quantitative estimate of drug-likeness (QED) is 0.529. The molecule has 3 heterocycles. The summed E-state index contributed by atoms with van der Waals surface area (Å²) in [6.45, 7) is 5.68. The maximum atomic E-state index is 13.3. The number of benzene rings is 2. The number of anilines is 2. The summed E-state index contributed by atoms with van der Waals surface area (Å²) in [5.41, 5.74) is 2.77. The molecule has 0 spiro atoms. The molecule has 35 heavy (non-hydrogen) atoms. The largest absolute Gasteiger partial charge is 0.573 e. The van der Waals surface area contributed by atoms with Gasteiger partial charge in [0.2, 0.25) is 0 Å². The van der Waals surface area contributed by atoms with E-state index in [1.165, 1.54) is 18.5 Å². The molecular weight excluding hydrogens is 461 g/mol. The Morgan fingerprint density at radius 2 is 1.63 bits per heavy atom. The molecule has 7 nitrogen and oxygen atoms in total. The van der Waals surface area contributed by atoms with Crippen LogP contribution in [0, 0.1) is 0 Å². The normalized spacial score (nSPS) is 20.2. The number of amides is 1. The number of carbonyl (C=O) groups excluding carboxylic acids is 1. The van der Waals surface area contributed by atoms with Crippen LogP contribution in [-0.4, -0.2) is 47.5 Å². The van der Waals surface area contributed by atoms with Crippen molar-refractivity contribution in [1.82, 2.24) is 9.97 Å². The molecule has 2 aromatic carbocycles. The van der Waals surface area contributed by atoms with E-state index in [2.05, 4.69) is 19.6 Å². The van der Waals surface area contributed by atoms with Crippen LogP contribution < -0.4 is 14.5 Å². The van der Waals surface area contributed by atoms with Gasteiger partial charge >= 0.3 is 6.36 Å². The molecule has 2 aliphatic heterocycles. The average molecular weight is 484 g/mol. The van der Waals surface area contributed by atoms with Crippen molar-refractivity contribution >= 4 is 17.5 Å². The Morgan fingerprint density at radius 3 is 2.31 bits per heavy atom. The van der Waals surface area contributed by atoms with Crippen LogP contribution in [0.2, 0.25) is 0 Å². The third kappa shape index (κ3) is 4.79. The van der Waals surface area contributed by atoms with E-state index in [0.717, 1.165) is 16.9 Å². The van der Waals surface area contributed by atoms with E-state index in [4.69, 9.17) is 4.74 Å². The maximum Gasteiger partial charge on any atom is 0.573 e. The van der Waals surface area contributed by atoms with Crippen LogP contribution in [0.15, 0.2) is 54.9 Å². The van der Waals surface area contributed by atoms with Gasteiger partial charge in [-0.2, -0.15) is 0 Å². The first-order valence-corrected chi connectivity index (χ1v) is 11.2. The average Bonchev–Trinajstić information content (AvgIpc) is 3.15. The summed E-state index contributed by atoms with van der Waals surface area (Å²) in [5.74, 6) is 0.725. The molecule has 1 saturated heterocycles. The van der Waals surface area contributed by atoms with Crippen LogP contribution >= 0.6 is 0 Å². The number of alkyl halides is 3. The Morgan fingerprint density at radius 1 is 0.971 bits per heavy atom. The summed E-state index contributed by atoms with van der Waals surface area (Å²) in [6.07, 6.45) is -3.18. The zero-order valence-corrected chi connectivity index (χ0v) is 19.1. The minimum Gasteiger partial charge on any atom is -0.406 e. The molecule has 3 aromatic rings. The number of hydrogen-bond acceptors (Lipinski definition) is 6. The molecular formula is C25H23F3N4O3. The minimum absolute atomic E-state index is 0.0605. The Kier molecular flexibility index (Phi) is 5.84. The maximum absolute atomic E-state index is 13.3. The number of nitrogens with zero attached hydrogens (tertiary/aromatic N) is 4. The Balaban J connectivity index is 1.41. The SMILES string of the molecule is C[C@@H]1CN(c2cc(N3Cc4c(cccc4-c4ccc(OC(F)(F)F)cc4)C3=O)ncn2)C[C@H](C)O1. The standard InChI is InChI=1S/C25H23F3N4O3/c1-15-11-31(12-16(2)34-15)22-10-23(30-14-29-22)32-13-21-19(4-3-5-20(21)24(32)33)17-6-8-18(9-7-17)35-25(26,27)28/h3-10,14-16H,11-13H2,1-2H3/t15-,16+. The third-order valence-electron chi connectivity index (χ3n) is 6.03. The highest BCUT2D eigenvalue weighted by Crippen LogP contribution is 2.36. The molecule has 1 fully saturated rings. The number of aromatic nitrogens is 2. The summed E-state index contributed by atoms with van der Waals surface area (Å²) in [5, 5.41) is 0. The van der Waals surface area contributed by atoms with Crippen LogP contribution in [-0.2, 0) is 11.3 Å². The fourth-order valence-electron chi connectivity index (χ4n) is 4.65. The van der Waals surface area contributed by atoms with Gasteiger partial charge in [-0.15, -0.1) is 13.2 Å². The van der Waals surface area contributed by atoms with Crippen LogP contribution in [0.25, 0.3) is 11.1 Å². The van der Waals surface area contributed by atoms with Gasteiger partial charge < -0.3 is 14.4 Å². The van der Waals surface area contributed by atoms with Crippen molar-refractivity contribution in [3.63, 3.8) is 0 Å². The predicted octanol–water partition coefficient (Wildman–Crippen LogP) is 4.82. The second-order valence-electron chi connectivity index (χ2n) is 8.69. The highest BCUT2D eigenvalue weighted by molar-refractivity contribution is 6.11. The van der Waals surface area contributed by atoms with Crippen molar-refractivity contribution in [3.8, 4) is 16.9 Å². The highest BCUT2D eigenvalue weighted by atomic mass is 19.4. The minimum atomic E-state index is -4.75. The lowest BCUT2D eigenvalue weighted by Gasteiger charge is -2.36. The van der Waals surface area contributed by atoms with E-state index < -0.39 is 6.36 Å². The topological polar surface area (TPSA) is 67.8 Å². The van der Waals surface area contributed by atoms with E-state index in [1.54, 1.807) is 35.2 Å². The molecule has 0 radical (unpaired) electrons. The second-order valence-corrected chi connectivity index (χ2v) is 8.69. The molecule has 0 unspecified atom stereocenters. The van der Waals surface area contributed by atoms with Gasteiger partial charge in [-0.3, -0.25) is 9.69 Å². The molecule has 0 bridgehead atoms. The zero-order chi connectivity index (χ0) is 24.7. The lowest BCUT2D eigenvalue weighted by molar-refractivity contribution is -0.274. The summed E-state index contributed by atoms with van der Waals surface area (Å²) in [7, 11) is 0. The van der Waals surface area contributed by atoms with E-state index >= 15 is 0 Å². The third-order valence-corrected chi connectivity index (χ3v) is 6.03. The molecule has 0 saturated carbocycles. The predicted molar refractivity (Wildman–Crippen MR) is 123 cm³/mol. The highest BCUT2D eigenvalue weighted by Gasteiger charge is 2.33. The number of rotatable bonds is 4. The Labute approximate surface area is 200 Å². The first-order valence-electron chi connectivity index (χ1n) is 11.2. The van der Waals surface area contributed by atoms with Crippen molar-refractivity contribution in [2.24, 2.45) is 0 Å². The molecule has 1 aromatic heterocycles. The van der Waals surface area contributed by atoms with Gasteiger partial charge in [0, 0.05) is 24.7 Å². The summed E-state index contributed by atoms with van der Waals surface area (Å²) >= 11 is 0. The van der Waals surface area contributed by atoms with Gasteiger partial charge in [-0.25, -0.2) is 9.97 Å². The fraction of sp³-hybridized carbons (Fsp3) is 0.320. The van der Waals surface area contributed by atoms with E-state index in [0.29, 0.717) is 30.0 Å². The summed E-state index contributed by atoms with van der Waals surface area (Å²) in [4.78, 5) is 25.7. The van der Waals surface area contributed by atoms with Gasteiger partial charge in [-0.05, 0) is 48.7 Å². The molecule has 0 aliphatic carbocycles. The van der Waals surface area contributed by atoms with Gasteiger partial charge in [0.15, 0.2) is 0 Å². The van der Waals surface area contributed by atoms with Crippen molar-refractivity contribution in [2.45, 2.75) is 39.0 Å². The first kappa shape index (κ1) is 23.1. The van der Waals surface area contributed by atoms with Gasteiger partial charge in [0.25, 0.3) is 5.91 Å². The Hall–Kier alpha value is -3.66. The Bertz CT molecular complexity index is 1240. The molecule has 2 aliphatic rings. The van der Waals surface area contributed by atoms with Gasteiger partial charge in [0.1, 0.15) is 23.7 Å². The van der Waals surface area contributed by atoms with Crippen LogP contribution in [0.4, 0.5) is 24.8 Å². The summed E-state index contributed by atoms with van der Waals surface area (Å²) < 4.78 is 47.2. The molecule has 0 N–H and O–H groups in total. The lowest BCUT2D eigenvalue weighted by Crippen LogP contribution is -2.45. The molecule has 1 amide bonds. The van der Waals surface area contributed by atoms with Crippen molar-refractivity contribution in [3.05, 3.63) is 66.0 Å². The van der Waals surface area contributed by atoms with Gasteiger partial charge in [-0.1, -0.05) is 24.3 Å². The number of ether oxygens (including phenoxy) is 2. The van der Waals surface area contributed by atoms with E-state index in [9.17, 15) is 18.0 Å². The number of fused-ring (bicyclic) bond motifs is 1. The molecule has 2 atom stereocenters. The van der Waals surface area contributed by atoms with Crippen LogP contribution in [0.1, 0.15) is 29.8 Å². The van der Waals surface area contributed by atoms with Crippen LogP contribution in [0.3, 0.4) is 0 Å². The van der Waals surface area contributed by atoms with Crippen LogP contribution in [0.5, 0.6) is 5.75 Å². The fourth-order valence-corrected chi connectivity index (χ4v) is 4.65. The van der Waals surface area contributed by atoms with E-state index in [1.807, 2.05) is 19.9 Å². The monoisotopic (exact) mass is 484 g/mol. The molecule has 182 valence electrons. The first-order chi connectivity index (χ1) is 16.7. The zero-order valence-electron chi connectivity index (χ0n) is 19.1. The smallest absolute Gasteiger partial charge is 0.406 e.